The Hall–Kier alpha value is -0.930. The van der Waals surface area contributed by atoms with Crippen LogP contribution in [0.1, 0.15) is 51.6 Å². The molecule has 1 aromatic rings. The van der Waals surface area contributed by atoms with Gasteiger partial charge in [0, 0.05) is 12.1 Å². The van der Waals surface area contributed by atoms with E-state index in [4.69, 9.17) is 5.73 Å². The average molecular weight is 278 g/mol. The molecular formula is C17H27FN2. The number of benzene rings is 1. The van der Waals surface area contributed by atoms with Crippen LogP contribution in [0.5, 0.6) is 0 Å². The molecule has 2 nitrogen and oxygen atoms in total. The average Bonchev–Trinajstić information content (AvgIpc) is 2.90. The first-order valence-electron chi connectivity index (χ1n) is 7.81. The molecule has 1 aromatic carbocycles. The third-order valence-electron chi connectivity index (χ3n) is 4.56. The van der Waals surface area contributed by atoms with Crippen molar-refractivity contribution >= 4 is 0 Å². The Bertz CT molecular complexity index is 416. The zero-order valence-corrected chi connectivity index (χ0v) is 12.8. The number of nitrogens with zero attached hydrogens (tertiary/aromatic N) is 1. The zero-order chi connectivity index (χ0) is 14.7. The molecule has 1 heterocycles. The number of nitrogens with two attached hydrogens (primary N) is 1. The molecule has 1 aliphatic heterocycles. The van der Waals surface area contributed by atoms with Gasteiger partial charge in [-0.05, 0) is 49.4 Å². The van der Waals surface area contributed by atoms with Crippen molar-refractivity contribution in [1.29, 1.82) is 0 Å². The minimum Gasteiger partial charge on any atom is -0.326 e. The van der Waals surface area contributed by atoms with Crippen LogP contribution >= 0.6 is 0 Å². The Labute approximate surface area is 122 Å². The summed E-state index contributed by atoms with van der Waals surface area (Å²) in [7, 11) is 0. The molecule has 20 heavy (non-hydrogen) atoms. The molecule has 2 rings (SSSR count). The highest BCUT2D eigenvalue weighted by molar-refractivity contribution is 5.22. The lowest BCUT2D eigenvalue weighted by molar-refractivity contribution is 0.125. The van der Waals surface area contributed by atoms with Gasteiger partial charge in [0.05, 0.1) is 6.04 Å². The van der Waals surface area contributed by atoms with Crippen molar-refractivity contribution in [3.05, 3.63) is 35.6 Å². The Morgan fingerprint density at radius 3 is 2.50 bits per heavy atom. The first kappa shape index (κ1) is 15.5. The molecule has 0 bridgehead atoms. The maximum atomic E-state index is 13.2. The molecule has 3 unspecified atom stereocenters. The maximum Gasteiger partial charge on any atom is 0.123 e. The van der Waals surface area contributed by atoms with Crippen LogP contribution in [0.15, 0.2) is 24.3 Å². The molecule has 0 spiro atoms. The summed E-state index contributed by atoms with van der Waals surface area (Å²) in [5.41, 5.74) is 7.54. The second-order valence-electron chi connectivity index (χ2n) is 6.26. The molecule has 0 saturated carbocycles. The van der Waals surface area contributed by atoms with Gasteiger partial charge >= 0.3 is 0 Å². The Morgan fingerprint density at radius 2 is 1.95 bits per heavy atom. The fourth-order valence-corrected chi connectivity index (χ4v) is 3.44. The van der Waals surface area contributed by atoms with E-state index in [0.29, 0.717) is 12.0 Å². The van der Waals surface area contributed by atoms with Crippen molar-refractivity contribution < 1.29 is 4.39 Å². The zero-order valence-electron chi connectivity index (χ0n) is 12.8. The summed E-state index contributed by atoms with van der Waals surface area (Å²) in [6.45, 7) is 7.78. The van der Waals surface area contributed by atoms with E-state index < -0.39 is 0 Å². The molecule has 0 aliphatic carbocycles. The highest BCUT2D eigenvalue weighted by Crippen LogP contribution is 2.35. The second kappa shape index (κ2) is 6.68. The number of halogens is 1. The number of likely N-dealkylation sites (tertiary alicyclic amines) is 1. The lowest BCUT2D eigenvalue weighted by atomic mass is 9.93. The van der Waals surface area contributed by atoms with Crippen molar-refractivity contribution in [1.82, 2.24) is 4.90 Å². The van der Waals surface area contributed by atoms with Gasteiger partial charge < -0.3 is 5.73 Å². The van der Waals surface area contributed by atoms with Crippen molar-refractivity contribution in [3.63, 3.8) is 0 Å². The van der Waals surface area contributed by atoms with Crippen LogP contribution < -0.4 is 5.73 Å². The van der Waals surface area contributed by atoms with Gasteiger partial charge in [-0.25, -0.2) is 4.39 Å². The van der Waals surface area contributed by atoms with Crippen LogP contribution in [-0.2, 0) is 0 Å². The normalized spacial score (nSPS) is 23.2. The van der Waals surface area contributed by atoms with Crippen molar-refractivity contribution in [2.24, 2.45) is 11.7 Å². The van der Waals surface area contributed by atoms with E-state index >= 15 is 0 Å². The lowest BCUT2D eigenvalue weighted by Gasteiger charge is -2.38. The summed E-state index contributed by atoms with van der Waals surface area (Å²) in [6, 6.07) is 7.77. The standard InChI is InChI=1S/C17H27FN2/c1-4-15(19)17(13-7-9-14(18)10-8-13)20-11-5-6-16(20)12(2)3/h7-10,12,15-17H,4-6,11,19H2,1-3H3. The van der Waals surface area contributed by atoms with Gasteiger partial charge in [-0.3, -0.25) is 4.90 Å². The van der Waals surface area contributed by atoms with Crippen LogP contribution in [0.2, 0.25) is 0 Å². The smallest absolute Gasteiger partial charge is 0.123 e. The first-order valence-corrected chi connectivity index (χ1v) is 7.81. The minimum atomic E-state index is -0.181. The molecule has 112 valence electrons. The summed E-state index contributed by atoms with van der Waals surface area (Å²) in [6.07, 6.45) is 3.41. The number of hydrogen-bond donors (Lipinski definition) is 1. The van der Waals surface area contributed by atoms with Gasteiger partial charge in [-0.1, -0.05) is 32.9 Å². The summed E-state index contributed by atoms with van der Waals surface area (Å²) in [5, 5.41) is 0. The second-order valence-corrected chi connectivity index (χ2v) is 6.26. The molecule has 0 radical (unpaired) electrons. The summed E-state index contributed by atoms with van der Waals surface area (Å²) >= 11 is 0. The number of hydrogen-bond acceptors (Lipinski definition) is 2. The molecule has 3 atom stereocenters. The topological polar surface area (TPSA) is 29.3 Å². The van der Waals surface area contributed by atoms with Crippen LogP contribution in [0.4, 0.5) is 4.39 Å². The largest absolute Gasteiger partial charge is 0.326 e. The quantitative estimate of drug-likeness (QED) is 0.889. The van der Waals surface area contributed by atoms with Crippen molar-refractivity contribution in [2.75, 3.05) is 6.54 Å². The van der Waals surface area contributed by atoms with Gasteiger partial charge in [-0.15, -0.1) is 0 Å². The van der Waals surface area contributed by atoms with Gasteiger partial charge in [0.15, 0.2) is 0 Å². The minimum absolute atomic E-state index is 0.0970. The first-order chi connectivity index (χ1) is 9.54. The van der Waals surface area contributed by atoms with E-state index in [-0.39, 0.29) is 17.9 Å². The SMILES string of the molecule is CCC(N)C(c1ccc(F)cc1)N1CCCC1C(C)C. The summed E-state index contributed by atoms with van der Waals surface area (Å²) < 4.78 is 13.2. The monoisotopic (exact) mass is 278 g/mol. The molecule has 1 saturated heterocycles. The molecule has 1 fully saturated rings. The molecule has 3 heteroatoms. The molecule has 0 amide bonds. The van der Waals surface area contributed by atoms with E-state index in [0.717, 1.165) is 18.5 Å². The molecule has 1 aliphatic rings. The van der Waals surface area contributed by atoms with Crippen LogP contribution in [0.25, 0.3) is 0 Å². The van der Waals surface area contributed by atoms with Crippen LogP contribution in [0, 0.1) is 11.7 Å². The van der Waals surface area contributed by atoms with E-state index in [1.807, 2.05) is 12.1 Å². The van der Waals surface area contributed by atoms with Gasteiger partial charge in [0.2, 0.25) is 0 Å². The van der Waals surface area contributed by atoms with E-state index in [1.165, 1.54) is 12.8 Å². The van der Waals surface area contributed by atoms with E-state index in [9.17, 15) is 4.39 Å². The van der Waals surface area contributed by atoms with Crippen molar-refractivity contribution in [2.45, 2.75) is 58.2 Å². The Kier molecular flexibility index (Phi) is 5.17. The van der Waals surface area contributed by atoms with Crippen molar-refractivity contribution in [3.8, 4) is 0 Å². The van der Waals surface area contributed by atoms with E-state index in [2.05, 4.69) is 25.7 Å². The predicted octanol–water partition coefficient (Wildman–Crippen LogP) is 3.72. The Morgan fingerprint density at radius 1 is 1.30 bits per heavy atom. The van der Waals surface area contributed by atoms with Gasteiger partial charge in [-0.2, -0.15) is 0 Å². The third kappa shape index (κ3) is 3.21. The van der Waals surface area contributed by atoms with Crippen LogP contribution in [-0.4, -0.2) is 23.5 Å². The van der Waals surface area contributed by atoms with Gasteiger partial charge in [0.25, 0.3) is 0 Å². The predicted molar refractivity (Wildman–Crippen MR) is 82.0 cm³/mol. The highest BCUT2D eigenvalue weighted by atomic mass is 19.1. The Balaban J connectivity index is 2.30. The fraction of sp³-hybridized carbons (Fsp3) is 0.647. The number of rotatable bonds is 5. The molecule has 2 N–H and O–H groups in total. The highest BCUT2D eigenvalue weighted by Gasteiger charge is 2.35. The fourth-order valence-electron chi connectivity index (χ4n) is 3.44. The third-order valence-corrected chi connectivity index (χ3v) is 4.56. The maximum absolute atomic E-state index is 13.2. The van der Waals surface area contributed by atoms with Gasteiger partial charge in [0.1, 0.15) is 5.82 Å². The summed E-state index contributed by atoms with van der Waals surface area (Å²) in [5.74, 6) is 0.448. The van der Waals surface area contributed by atoms with Crippen LogP contribution in [0.3, 0.4) is 0 Å². The molecule has 0 aromatic heterocycles. The van der Waals surface area contributed by atoms with E-state index in [1.54, 1.807) is 12.1 Å². The lowest BCUT2D eigenvalue weighted by Crippen LogP contribution is -2.44. The summed E-state index contributed by atoms with van der Waals surface area (Å²) in [4.78, 5) is 2.55. The molecular weight excluding hydrogens is 251 g/mol.